The molecule has 0 unspecified atom stereocenters. The summed E-state index contributed by atoms with van der Waals surface area (Å²) in [6.07, 6.45) is -1.78. The predicted molar refractivity (Wildman–Crippen MR) is 109 cm³/mol. The van der Waals surface area contributed by atoms with E-state index in [1.54, 1.807) is 6.07 Å². The number of anilines is 1. The maximum Gasteiger partial charge on any atom is 0.411 e. The van der Waals surface area contributed by atoms with Crippen LogP contribution in [0, 0.1) is 0 Å². The first-order valence-corrected chi connectivity index (χ1v) is 9.54. The van der Waals surface area contributed by atoms with Gasteiger partial charge in [0.25, 0.3) is 5.91 Å². The molecule has 0 spiro atoms. The average molecular weight is 445 g/mol. The smallest absolute Gasteiger partial charge is 0.411 e. The minimum absolute atomic E-state index is 0.0585. The van der Waals surface area contributed by atoms with Crippen LogP contribution >= 0.6 is 0 Å². The topological polar surface area (TPSA) is 78.5 Å². The summed E-state index contributed by atoms with van der Waals surface area (Å²) in [5.74, 6) is 0.659. The molecule has 1 amide bonds. The van der Waals surface area contributed by atoms with E-state index in [1.165, 1.54) is 18.5 Å². The van der Waals surface area contributed by atoms with Crippen molar-refractivity contribution in [2.45, 2.75) is 19.5 Å². The van der Waals surface area contributed by atoms with Gasteiger partial charge in [0.1, 0.15) is 31.5 Å². The second kappa shape index (κ2) is 9.15. The molecule has 0 saturated heterocycles. The Kier molecular flexibility index (Phi) is 6.13. The average Bonchev–Trinajstić information content (AvgIpc) is 3.41. The van der Waals surface area contributed by atoms with E-state index in [-0.39, 0.29) is 18.1 Å². The highest BCUT2D eigenvalue weighted by Crippen LogP contribution is 2.22. The standard InChI is InChI=1S/C22H18F3N3O4/c23-22(24,25)13-30-14-28-11-17(10-26-28)27-21(29)20-8-7-19(32-20)12-31-18-6-5-15-3-1-2-4-16(15)9-18/h1-11H,12-14H2,(H,27,29). The van der Waals surface area contributed by atoms with Crippen LogP contribution in [0.15, 0.2) is 71.4 Å². The summed E-state index contributed by atoms with van der Waals surface area (Å²) in [6.45, 7) is -1.64. The lowest BCUT2D eigenvalue weighted by Crippen LogP contribution is -2.18. The van der Waals surface area contributed by atoms with E-state index in [9.17, 15) is 18.0 Å². The van der Waals surface area contributed by atoms with E-state index < -0.39 is 25.4 Å². The fourth-order valence-electron chi connectivity index (χ4n) is 2.94. The lowest BCUT2D eigenvalue weighted by molar-refractivity contribution is -0.182. The van der Waals surface area contributed by atoms with E-state index in [4.69, 9.17) is 9.15 Å². The van der Waals surface area contributed by atoms with Gasteiger partial charge in [0.05, 0.1) is 18.1 Å². The number of fused-ring (bicyclic) bond motifs is 1. The van der Waals surface area contributed by atoms with Gasteiger partial charge >= 0.3 is 6.18 Å². The molecule has 0 aliphatic carbocycles. The Labute approximate surface area is 180 Å². The first-order valence-electron chi connectivity index (χ1n) is 9.54. The fourth-order valence-corrected chi connectivity index (χ4v) is 2.94. The molecule has 10 heteroatoms. The molecular weight excluding hydrogens is 427 g/mol. The molecule has 2 aromatic carbocycles. The van der Waals surface area contributed by atoms with Gasteiger partial charge in [0.15, 0.2) is 5.76 Å². The number of hydrogen-bond acceptors (Lipinski definition) is 5. The third-order valence-electron chi connectivity index (χ3n) is 4.37. The number of ether oxygens (including phenoxy) is 2. The van der Waals surface area contributed by atoms with Crippen molar-refractivity contribution in [3.63, 3.8) is 0 Å². The van der Waals surface area contributed by atoms with Crippen LogP contribution in [0.5, 0.6) is 5.75 Å². The van der Waals surface area contributed by atoms with E-state index >= 15 is 0 Å². The maximum absolute atomic E-state index is 12.3. The molecule has 0 radical (unpaired) electrons. The molecule has 2 heterocycles. The Balaban J connectivity index is 1.29. The highest BCUT2D eigenvalue weighted by Gasteiger charge is 2.27. The molecule has 0 aliphatic heterocycles. The molecule has 7 nitrogen and oxygen atoms in total. The van der Waals surface area contributed by atoms with Crippen LogP contribution in [0.2, 0.25) is 0 Å². The predicted octanol–water partition coefficient (Wildman–Crippen LogP) is 5.00. The van der Waals surface area contributed by atoms with Crippen molar-refractivity contribution >= 4 is 22.4 Å². The Morgan fingerprint density at radius 3 is 2.72 bits per heavy atom. The lowest BCUT2D eigenvalue weighted by atomic mass is 10.1. The Bertz CT molecular complexity index is 1220. The summed E-state index contributed by atoms with van der Waals surface area (Å²) in [5, 5.41) is 8.54. The lowest BCUT2D eigenvalue weighted by Gasteiger charge is -2.07. The minimum atomic E-state index is -4.42. The van der Waals surface area contributed by atoms with E-state index in [2.05, 4.69) is 15.2 Å². The van der Waals surface area contributed by atoms with Gasteiger partial charge in [-0.3, -0.25) is 4.79 Å². The van der Waals surface area contributed by atoms with Crippen LogP contribution in [-0.2, 0) is 18.1 Å². The van der Waals surface area contributed by atoms with Gasteiger partial charge < -0.3 is 19.2 Å². The van der Waals surface area contributed by atoms with Gasteiger partial charge in [-0.05, 0) is 35.0 Å². The van der Waals surface area contributed by atoms with Crippen molar-refractivity contribution in [3.05, 3.63) is 78.5 Å². The summed E-state index contributed by atoms with van der Waals surface area (Å²) in [5.41, 5.74) is 0.288. The van der Waals surface area contributed by atoms with Crippen LogP contribution in [0.4, 0.5) is 18.9 Å². The molecule has 0 atom stereocenters. The normalized spacial score (nSPS) is 11.6. The SMILES string of the molecule is O=C(Nc1cnn(COCC(F)(F)F)c1)c1ccc(COc2ccc3ccccc3c2)o1. The van der Waals surface area contributed by atoms with Crippen molar-refractivity contribution in [1.29, 1.82) is 0 Å². The Morgan fingerprint density at radius 2 is 1.91 bits per heavy atom. The van der Waals surface area contributed by atoms with Gasteiger partial charge in [0, 0.05) is 0 Å². The summed E-state index contributed by atoms with van der Waals surface area (Å²) < 4.78 is 53.2. The number of rotatable bonds is 8. The largest absolute Gasteiger partial charge is 0.486 e. The second-order valence-electron chi connectivity index (χ2n) is 6.88. The second-order valence-corrected chi connectivity index (χ2v) is 6.88. The molecular formula is C22H18F3N3O4. The zero-order valence-electron chi connectivity index (χ0n) is 16.6. The van der Waals surface area contributed by atoms with Crippen molar-refractivity contribution in [3.8, 4) is 5.75 Å². The molecule has 1 N–H and O–H groups in total. The van der Waals surface area contributed by atoms with Gasteiger partial charge in [-0.25, -0.2) is 4.68 Å². The quantitative estimate of drug-likeness (QED) is 0.413. The van der Waals surface area contributed by atoms with Gasteiger partial charge in [-0.2, -0.15) is 18.3 Å². The van der Waals surface area contributed by atoms with Gasteiger partial charge in [-0.15, -0.1) is 0 Å². The number of alkyl halides is 3. The third kappa shape index (κ3) is 5.67. The van der Waals surface area contributed by atoms with Crippen molar-refractivity contribution in [2.24, 2.45) is 0 Å². The Hall–Kier alpha value is -3.79. The van der Waals surface area contributed by atoms with Crippen molar-refractivity contribution in [2.75, 3.05) is 11.9 Å². The number of carbonyl (C=O) groups is 1. The van der Waals surface area contributed by atoms with Crippen LogP contribution in [0.1, 0.15) is 16.3 Å². The number of carbonyl (C=O) groups excluding carboxylic acids is 1. The number of amides is 1. The highest BCUT2D eigenvalue weighted by molar-refractivity contribution is 6.02. The zero-order chi connectivity index (χ0) is 22.6. The fraction of sp³-hybridized carbons (Fsp3) is 0.182. The molecule has 0 bridgehead atoms. The minimum Gasteiger partial charge on any atom is -0.486 e. The molecule has 4 rings (SSSR count). The van der Waals surface area contributed by atoms with E-state index in [1.807, 2.05) is 42.5 Å². The van der Waals surface area contributed by atoms with Gasteiger partial charge in [-0.1, -0.05) is 30.3 Å². The first kappa shape index (κ1) is 21.4. The summed E-state index contributed by atoms with van der Waals surface area (Å²) in [6, 6.07) is 16.8. The molecule has 2 aromatic heterocycles. The van der Waals surface area contributed by atoms with Crippen LogP contribution in [-0.4, -0.2) is 28.5 Å². The van der Waals surface area contributed by atoms with Crippen LogP contribution in [0.25, 0.3) is 10.8 Å². The van der Waals surface area contributed by atoms with E-state index in [0.717, 1.165) is 15.5 Å². The highest BCUT2D eigenvalue weighted by atomic mass is 19.4. The zero-order valence-corrected chi connectivity index (χ0v) is 16.6. The van der Waals surface area contributed by atoms with Crippen molar-refractivity contribution < 1.29 is 31.9 Å². The van der Waals surface area contributed by atoms with Crippen LogP contribution < -0.4 is 10.1 Å². The summed E-state index contributed by atoms with van der Waals surface area (Å²) >= 11 is 0. The van der Waals surface area contributed by atoms with Gasteiger partial charge in [0.2, 0.25) is 0 Å². The molecule has 32 heavy (non-hydrogen) atoms. The number of nitrogens with zero attached hydrogens (tertiary/aromatic N) is 2. The molecule has 0 saturated carbocycles. The first-order chi connectivity index (χ1) is 15.4. The molecule has 4 aromatic rings. The van der Waals surface area contributed by atoms with Crippen LogP contribution in [0.3, 0.4) is 0 Å². The molecule has 0 fully saturated rings. The number of nitrogens with one attached hydrogen (secondary N) is 1. The number of aromatic nitrogens is 2. The number of halogens is 3. The summed E-state index contributed by atoms with van der Waals surface area (Å²) in [4.78, 5) is 12.3. The Morgan fingerprint density at radius 1 is 1.09 bits per heavy atom. The molecule has 0 aliphatic rings. The monoisotopic (exact) mass is 445 g/mol. The van der Waals surface area contributed by atoms with E-state index in [0.29, 0.717) is 11.5 Å². The number of furan rings is 1. The number of hydrogen-bond donors (Lipinski definition) is 1. The maximum atomic E-state index is 12.3. The van der Waals surface area contributed by atoms with Crippen molar-refractivity contribution in [1.82, 2.24) is 9.78 Å². The summed E-state index contributed by atoms with van der Waals surface area (Å²) in [7, 11) is 0. The number of benzene rings is 2. The molecule has 166 valence electrons. The third-order valence-corrected chi connectivity index (χ3v) is 4.37.